The molecule has 0 amide bonds. The first-order valence-electron chi connectivity index (χ1n) is 9.76. The lowest BCUT2D eigenvalue weighted by Crippen LogP contribution is -2.30. The van der Waals surface area contributed by atoms with Crippen molar-refractivity contribution in [2.45, 2.75) is 19.3 Å². The van der Waals surface area contributed by atoms with E-state index in [1.165, 1.54) is 27.1 Å². The van der Waals surface area contributed by atoms with Crippen LogP contribution in [-0.2, 0) is 5.41 Å². The van der Waals surface area contributed by atoms with Gasteiger partial charge in [0.05, 0.1) is 11.4 Å². The van der Waals surface area contributed by atoms with Crippen LogP contribution in [0.4, 0.5) is 0 Å². The van der Waals surface area contributed by atoms with Crippen molar-refractivity contribution in [1.82, 2.24) is 9.97 Å². The highest BCUT2D eigenvalue weighted by Crippen LogP contribution is 2.42. The summed E-state index contributed by atoms with van der Waals surface area (Å²) in [4.78, 5) is 9.50. The summed E-state index contributed by atoms with van der Waals surface area (Å²) in [6.07, 6.45) is 10.7. The molecule has 2 atom stereocenters. The van der Waals surface area contributed by atoms with Gasteiger partial charge in [-0.3, -0.25) is 9.97 Å². The van der Waals surface area contributed by atoms with Crippen molar-refractivity contribution in [3.05, 3.63) is 103 Å². The average molecular weight is 362 g/mol. The Morgan fingerprint density at radius 1 is 0.786 bits per heavy atom. The quantitative estimate of drug-likeness (QED) is 0.416. The third kappa shape index (κ3) is 2.56. The molecule has 0 saturated heterocycles. The van der Waals surface area contributed by atoms with Gasteiger partial charge in [-0.25, -0.2) is 0 Å². The molecule has 1 aliphatic rings. The number of nitrogens with zero attached hydrogens (tertiary/aromatic N) is 2. The summed E-state index contributed by atoms with van der Waals surface area (Å²) in [6, 6.07) is 21.1. The molecule has 2 unspecified atom stereocenters. The van der Waals surface area contributed by atoms with Crippen LogP contribution >= 0.6 is 0 Å². The van der Waals surface area contributed by atoms with Gasteiger partial charge >= 0.3 is 0 Å². The first kappa shape index (κ1) is 16.9. The Balaban J connectivity index is 1.62. The van der Waals surface area contributed by atoms with Crippen LogP contribution in [0.2, 0.25) is 0 Å². The smallest absolute Gasteiger partial charge is 0.0777 e. The van der Waals surface area contributed by atoms with Gasteiger partial charge in [0.1, 0.15) is 0 Å². The van der Waals surface area contributed by atoms with E-state index in [0.717, 1.165) is 11.4 Å². The van der Waals surface area contributed by atoms with Gasteiger partial charge in [-0.15, -0.1) is 0 Å². The van der Waals surface area contributed by atoms with Gasteiger partial charge in [0, 0.05) is 28.6 Å². The molecule has 0 saturated carbocycles. The fraction of sp³-hybridized carbons (Fsp3) is 0.154. The lowest BCUT2D eigenvalue weighted by molar-refractivity contribution is 0.451. The summed E-state index contributed by atoms with van der Waals surface area (Å²) in [6.45, 7) is 4.56. The molecule has 28 heavy (non-hydrogen) atoms. The maximum absolute atomic E-state index is 4.80. The second-order valence-electron chi connectivity index (χ2n) is 7.79. The van der Waals surface area contributed by atoms with Crippen molar-refractivity contribution in [2.24, 2.45) is 5.92 Å². The van der Waals surface area contributed by atoms with Crippen LogP contribution in [0.5, 0.6) is 0 Å². The summed E-state index contributed by atoms with van der Waals surface area (Å²) in [5, 5.41) is 4.88. The lowest BCUT2D eigenvalue weighted by atomic mass is 9.70. The number of benzene rings is 2. The molecule has 0 spiro atoms. The number of hydrogen-bond acceptors (Lipinski definition) is 2. The molecule has 1 aliphatic carbocycles. The van der Waals surface area contributed by atoms with E-state index in [-0.39, 0.29) is 5.41 Å². The lowest BCUT2D eigenvalue weighted by Gasteiger charge is -2.34. The van der Waals surface area contributed by atoms with E-state index >= 15 is 0 Å². The molecule has 0 bridgehead atoms. The summed E-state index contributed by atoms with van der Waals surface area (Å²) in [7, 11) is 0. The van der Waals surface area contributed by atoms with Gasteiger partial charge in [0.2, 0.25) is 0 Å². The molecule has 5 rings (SSSR count). The predicted molar refractivity (Wildman–Crippen MR) is 117 cm³/mol. The fourth-order valence-electron chi connectivity index (χ4n) is 4.26. The Hall–Kier alpha value is -3.26. The number of hydrogen-bond donors (Lipinski definition) is 0. The molecule has 2 aromatic carbocycles. The van der Waals surface area contributed by atoms with E-state index in [1.54, 1.807) is 0 Å². The minimum absolute atomic E-state index is 0.158. The van der Waals surface area contributed by atoms with Crippen LogP contribution in [0.25, 0.3) is 27.1 Å². The molecule has 2 heterocycles. The van der Waals surface area contributed by atoms with E-state index in [9.17, 15) is 0 Å². The second-order valence-corrected chi connectivity index (χ2v) is 7.79. The Morgan fingerprint density at radius 3 is 2.18 bits per heavy atom. The molecular weight excluding hydrogens is 340 g/mol. The zero-order valence-corrected chi connectivity index (χ0v) is 16.1. The van der Waals surface area contributed by atoms with Crippen LogP contribution in [0, 0.1) is 5.92 Å². The summed E-state index contributed by atoms with van der Waals surface area (Å²) in [5.74, 6) is 0.298. The van der Waals surface area contributed by atoms with Gasteiger partial charge in [0.25, 0.3) is 0 Å². The van der Waals surface area contributed by atoms with Crippen molar-refractivity contribution in [3.8, 4) is 0 Å². The van der Waals surface area contributed by atoms with Gasteiger partial charge in [-0.1, -0.05) is 73.7 Å². The van der Waals surface area contributed by atoms with Crippen molar-refractivity contribution in [3.63, 3.8) is 0 Å². The van der Waals surface area contributed by atoms with Gasteiger partial charge < -0.3 is 0 Å². The van der Waals surface area contributed by atoms with E-state index in [4.69, 9.17) is 9.97 Å². The third-order valence-corrected chi connectivity index (χ3v) is 6.12. The number of aromatic nitrogens is 2. The second kappa shape index (κ2) is 6.42. The normalized spacial score (nSPS) is 21.8. The summed E-state index contributed by atoms with van der Waals surface area (Å²) in [5.41, 5.74) is 3.21. The Bertz CT molecular complexity index is 1240. The molecule has 0 aliphatic heterocycles. The predicted octanol–water partition coefficient (Wildman–Crippen LogP) is 6.33. The highest BCUT2D eigenvalue weighted by molar-refractivity contribution is 5.95. The molecule has 136 valence electrons. The number of allylic oxidation sites excluding steroid dienone is 4. The molecule has 0 N–H and O–H groups in total. The molecule has 2 nitrogen and oxygen atoms in total. The number of rotatable bonds is 2. The Kier molecular flexibility index (Phi) is 3.87. The van der Waals surface area contributed by atoms with Gasteiger partial charge in [-0.05, 0) is 41.3 Å². The number of fused-ring (bicyclic) bond motifs is 2. The molecule has 0 fully saturated rings. The maximum Gasteiger partial charge on any atom is 0.0777 e. The first-order chi connectivity index (χ1) is 13.7. The maximum atomic E-state index is 4.80. The van der Waals surface area contributed by atoms with Crippen molar-refractivity contribution in [2.75, 3.05) is 0 Å². The summed E-state index contributed by atoms with van der Waals surface area (Å²) >= 11 is 0. The standard InChI is InChI=1S/C26H22N2/c1-18-17-21(24-22-9-5-3-7-19(22)12-15-27-24)11-14-26(18,2)25-23-10-6-4-8-20(23)13-16-28-25/h3-18H,1-2H3. The van der Waals surface area contributed by atoms with Gasteiger partial charge in [-0.2, -0.15) is 0 Å². The minimum Gasteiger partial charge on any atom is -0.260 e. The highest BCUT2D eigenvalue weighted by atomic mass is 14.7. The SMILES string of the molecule is CC1C=C(c2nccc3ccccc23)C=CC1(C)c1nccc2ccccc12. The largest absolute Gasteiger partial charge is 0.260 e. The Labute approximate surface area is 165 Å². The zero-order chi connectivity index (χ0) is 19.1. The molecular formula is C26H22N2. The molecule has 0 radical (unpaired) electrons. The van der Waals surface area contributed by atoms with Crippen LogP contribution < -0.4 is 0 Å². The fourth-order valence-corrected chi connectivity index (χ4v) is 4.26. The Morgan fingerprint density at radius 2 is 1.43 bits per heavy atom. The molecule has 2 heteroatoms. The first-order valence-corrected chi connectivity index (χ1v) is 9.76. The number of pyridine rings is 2. The van der Waals surface area contributed by atoms with E-state index in [0.29, 0.717) is 5.92 Å². The average Bonchev–Trinajstić information content (AvgIpc) is 2.75. The highest BCUT2D eigenvalue weighted by Gasteiger charge is 2.34. The zero-order valence-electron chi connectivity index (χ0n) is 16.1. The van der Waals surface area contributed by atoms with Crippen LogP contribution in [0.1, 0.15) is 25.2 Å². The van der Waals surface area contributed by atoms with Crippen molar-refractivity contribution >= 4 is 27.1 Å². The third-order valence-electron chi connectivity index (χ3n) is 6.12. The van der Waals surface area contributed by atoms with Crippen LogP contribution in [0.3, 0.4) is 0 Å². The van der Waals surface area contributed by atoms with Crippen LogP contribution in [0.15, 0.2) is 91.3 Å². The van der Waals surface area contributed by atoms with Crippen molar-refractivity contribution in [1.29, 1.82) is 0 Å². The van der Waals surface area contributed by atoms with E-state index in [1.807, 2.05) is 12.4 Å². The van der Waals surface area contributed by atoms with E-state index in [2.05, 4.69) is 92.7 Å². The molecule has 4 aromatic rings. The summed E-state index contributed by atoms with van der Waals surface area (Å²) < 4.78 is 0. The van der Waals surface area contributed by atoms with Crippen molar-refractivity contribution < 1.29 is 0 Å². The monoisotopic (exact) mass is 362 g/mol. The van der Waals surface area contributed by atoms with Gasteiger partial charge in [0.15, 0.2) is 0 Å². The van der Waals surface area contributed by atoms with Crippen LogP contribution in [-0.4, -0.2) is 9.97 Å². The van der Waals surface area contributed by atoms with E-state index < -0.39 is 0 Å². The topological polar surface area (TPSA) is 25.8 Å². The molecule has 2 aromatic heterocycles. The minimum atomic E-state index is -0.158.